The van der Waals surface area contributed by atoms with Crippen LogP contribution in [0.4, 0.5) is 0 Å². The van der Waals surface area contributed by atoms with Crippen LogP contribution in [0.2, 0.25) is 0 Å². The highest BCUT2D eigenvalue weighted by atomic mass is 32.1. The van der Waals surface area contributed by atoms with Crippen LogP contribution in [0.25, 0.3) is 11.1 Å². The fourth-order valence-corrected chi connectivity index (χ4v) is 4.74. The van der Waals surface area contributed by atoms with E-state index in [1.165, 1.54) is 20.9 Å². The highest BCUT2D eigenvalue weighted by Gasteiger charge is 2.29. The number of methoxy groups -OCH3 is 1. The molecule has 0 spiro atoms. The maximum Gasteiger partial charge on any atom is 0.328 e. The topological polar surface area (TPSA) is 81.7 Å². The van der Waals surface area contributed by atoms with Gasteiger partial charge in [-0.25, -0.2) is 4.79 Å². The lowest BCUT2D eigenvalue weighted by Gasteiger charge is -2.22. The Bertz CT molecular complexity index is 835. The van der Waals surface area contributed by atoms with Gasteiger partial charge in [-0.3, -0.25) is 9.36 Å². The van der Waals surface area contributed by atoms with Crippen LogP contribution < -0.4 is 5.32 Å². The van der Waals surface area contributed by atoms with E-state index in [1.807, 2.05) is 29.6 Å². The number of rotatable bonds is 9. The number of esters is 1. The van der Waals surface area contributed by atoms with Crippen LogP contribution in [0.5, 0.6) is 0 Å². The number of hydrogen-bond acceptors (Lipinski definition) is 6. The van der Waals surface area contributed by atoms with Gasteiger partial charge < -0.3 is 14.6 Å². The molecule has 1 amide bonds. The molecule has 1 aromatic carbocycles. The number of nitrogens with one attached hydrogen (secondary N) is 1. The molecule has 1 unspecified atom stereocenters. The molecule has 6 nitrogen and oxygen atoms in total. The second-order valence-electron chi connectivity index (χ2n) is 6.74. The number of hydrogen-bond donors (Lipinski definition) is 1. The summed E-state index contributed by atoms with van der Waals surface area (Å²) in [5.41, 5.74) is 3.19. The van der Waals surface area contributed by atoms with E-state index in [4.69, 9.17) is 4.52 Å². The molecule has 0 aliphatic heterocycles. The molecule has 8 heteroatoms. The summed E-state index contributed by atoms with van der Waals surface area (Å²) >= 11 is 1.64. The predicted octanol–water partition coefficient (Wildman–Crippen LogP) is 3.81. The van der Waals surface area contributed by atoms with Gasteiger partial charge in [-0.1, -0.05) is 24.3 Å². The second kappa shape index (κ2) is 10.0. The number of thiophene rings is 1. The van der Waals surface area contributed by atoms with Crippen molar-refractivity contribution in [3.05, 3.63) is 46.7 Å². The van der Waals surface area contributed by atoms with Gasteiger partial charge in [0.2, 0.25) is 13.3 Å². The molecular weight excluding hydrogens is 397 g/mol. The normalized spacial score (nSPS) is 15.3. The Balaban J connectivity index is 2.15. The average Bonchev–Trinajstić information content (AvgIpc) is 3.22. The molecule has 0 aliphatic carbocycles. The van der Waals surface area contributed by atoms with E-state index in [9.17, 15) is 14.2 Å². The molecule has 1 heterocycles. The molecule has 2 aromatic rings. The van der Waals surface area contributed by atoms with Crippen molar-refractivity contribution < 1.29 is 23.4 Å². The molecule has 152 valence electrons. The third kappa shape index (κ3) is 6.30. The van der Waals surface area contributed by atoms with Crippen molar-refractivity contribution in [1.82, 2.24) is 5.32 Å². The van der Waals surface area contributed by atoms with Crippen molar-refractivity contribution in [1.29, 1.82) is 0 Å². The molecule has 1 N–H and O–H groups in total. The summed E-state index contributed by atoms with van der Waals surface area (Å²) in [5.74, 6) is -1.47. The minimum absolute atomic E-state index is 0.0928. The van der Waals surface area contributed by atoms with Crippen LogP contribution in [0.15, 0.2) is 41.1 Å². The highest BCUT2D eigenvalue weighted by molar-refractivity contribution is 7.58. The Hall–Kier alpha value is -1.95. The molecule has 0 bridgehead atoms. The number of amides is 1. The maximum absolute atomic E-state index is 12.7. The molecule has 0 fully saturated rings. The Kier molecular flexibility index (Phi) is 7.98. The Morgan fingerprint density at radius 3 is 2.36 bits per heavy atom. The van der Waals surface area contributed by atoms with Crippen molar-refractivity contribution in [2.24, 2.45) is 5.92 Å². The fraction of sp³-hybridized carbons (Fsp3) is 0.400. The molecule has 0 saturated heterocycles. The molecule has 2 rings (SSSR count). The van der Waals surface area contributed by atoms with Gasteiger partial charge in [0.05, 0.1) is 13.0 Å². The summed E-state index contributed by atoms with van der Waals surface area (Å²) in [6.07, 6.45) is 0.486. The van der Waals surface area contributed by atoms with Gasteiger partial charge in [0.15, 0.2) is 0 Å². The van der Waals surface area contributed by atoms with Gasteiger partial charge in [-0.15, -0.1) is 0 Å². The lowest BCUT2D eigenvalue weighted by Crippen LogP contribution is -2.43. The van der Waals surface area contributed by atoms with Crippen LogP contribution in [0.1, 0.15) is 12.5 Å². The SMILES string of the molecule is COC(=O)[C@H](C)NC(=O)[C@H](Cc1ccc(-c2ccsc2)cc1)CP(C)(=O)OC. The third-order valence-electron chi connectivity index (χ3n) is 4.51. The summed E-state index contributed by atoms with van der Waals surface area (Å²) < 4.78 is 22.2. The van der Waals surface area contributed by atoms with Gasteiger partial charge in [0, 0.05) is 19.9 Å². The monoisotopic (exact) mass is 423 g/mol. The Labute approximate surface area is 169 Å². The van der Waals surface area contributed by atoms with E-state index < -0.39 is 25.3 Å². The summed E-state index contributed by atoms with van der Waals surface area (Å²) in [4.78, 5) is 24.3. The number of ether oxygens (including phenoxy) is 1. The molecule has 0 saturated carbocycles. The third-order valence-corrected chi connectivity index (χ3v) is 7.07. The van der Waals surface area contributed by atoms with E-state index in [0.717, 1.165) is 16.7 Å². The number of carbonyl (C=O) groups is 2. The molecule has 0 radical (unpaired) electrons. The summed E-state index contributed by atoms with van der Waals surface area (Å²) in [5, 5.41) is 6.74. The largest absolute Gasteiger partial charge is 0.467 e. The van der Waals surface area contributed by atoms with Gasteiger partial charge >= 0.3 is 5.97 Å². The maximum atomic E-state index is 12.7. The lowest BCUT2D eigenvalue weighted by molar-refractivity contribution is -0.144. The fourth-order valence-electron chi connectivity index (χ4n) is 2.83. The predicted molar refractivity (Wildman–Crippen MR) is 112 cm³/mol. The van der Waals surface area contributed by atoms with Crippen molar-refractivity contribution in [2.45, 2.75) is 19.4 Å². The molecule has 28 heavy (non-hydrogen) atoms. The van der Waals surface area contributed by atoms with E-state index in [2.05, 4.69) is 21.5 Å². The van der Waals surface area contributed by atoms with Gasteiger partial charge in [0.1, 0.15) is 6.04 Å². The van der Waals surface area contributed by atoms with Crippen LogP contribution in [0.3, 0.4) is 0 Å². The van der Waals surface area contributed by atoms with E-state index in [0.29, 0.717) is 6.42 Å². The summed E-state index contributed by atoms with van der Waals surface area (Å²) in [6, 6.07) is 9.21. The zero-order chi connectivity index (χ0) is 20.7. The zero-order valence-electron chi connectivity index (χ0n) is 16.5. The van der Waals surface area contributed by atoms with Gasteiger partial charge in [-0.2, -0.15) is 11.3 Å². The smallest absolute Gasteiger partial charge is 0.328 e. The van der Waals surface area contributed by atoms with E-state index in [-0.39, 0.29) is 12.1 Å². The highest BCUT2D eigenvalue weighted by Crippen LogP contribution is 2.44. The van der Waals surface area contributed by atoms with Crippen molar-refractivity contribution in [3.8, 4) is 11.1 Å². The van der Waals surface area contributed by atoms with Crippen molar-refractivity contribution in [3.63, 3.8) is 0 Å². The van der Waals surface area contributed by atoms with Crippen LogP contribution in [-0.2, 0) is 29.8 Å². The van der Waals surface area contributed by atoms with Crippen LogP contribution in [0, 0.1) is 5.92 Å². The molecule has 3 atom stereocenters. The summed E-state index contributed by atoms with van der Waals surface area (Å²) in [7, 11) is -0.275. The van der Waals surface area contributed by atoms with E-state index >= 15 is 0 Å². The molecule has 0 aliphatic rings. The van der Waals surface area contributed by atoms with Crippen LogP contribution >= 0.6 is 18.7 Å². The van der Waals surface area contributed by atoms with Crippen molar-refractivity contribution in [2.75, 3.05) is 27.0 Å². The molecular formula is C20H26NO5PS. The quantitative estimate of drug-likeness (QED) is 0.490. The molecule has 1 aromatic heterocycles. The first-order valence-electron chi connectivity index (χ1n) is 8.87. The minimum Gasteiger partial charge on any atom is -0.467 e. The second-order valence-corrected chi connectivity index (χ2v) is 10.3. The van der Waals surface area contributed by atoms with E-state index in [1.54, 1.807) is 18.3 Å². The number of benzene rings is 1. The lowest BCUT2D eigenvalue weighted by atomic mass is 9.98. The first kappa shape index (κ1) is 22.3. The van der Waals surface area contributed by atoms with Gasteiger partial charge in [0.25, 0.3) is 0 Å². The summed E-state index contributed by atoms with van der Waals surface area (Å²) in [6.45, 7) is 3.06. The zero-order valence-corrected chi connectivity index (χ0v) is 18.2. The van der Waals surface area contributed by atoms with Crippen molar-refractivity contribution >= 4 is 30.6 Å². The minimum atomic E-state index is -2.92. The number of carbonyl (C=O) groups excluding carboxylic acids is 2. The average molecular weight is 423 g/mol. The van der Waals surface area contributed by atoms with Crippen LogP contribution in [-0.4, -0.2) is 45.0 Å². The Morgan fingerprint density at radius 1 is 1.14 bits per heavy atom. The Morgan fingerprint density at radius 2 is 1.82 bits per heavy atom. The first-order valence-corrected chi connectivity index (χ1v) is 12.1. The first-order chi connectivity index (χ1) is 13.3. The van der Waals surface area contributed by atoms with Gasteiger partial charge in [-0.05, 0) is 46.9 Å². The standard InChI is InChI=1S/C20H26NO5PS/c1-14(20(23)25-2)21-19(22)18(12-27(4,24)26-3)11-15-5-7-16(8-6-15)17-9-10-28-13-17/h5-10,13-14,18H,11-12H2,1-4H3,(H,21,22)/t14-,18+,27?/m0/s1.